The van der Waals surface area contributed by atoms with Crippen molar-refractivity contribution in [3.63, 3.8) is 0 Å². The number of nitrogens with zero attached hydrogens (tertiary/aromatic N) is 1. The third kappa shape index (κ3) is 4.89. The summed E-state index contributed by atoms with van der Waals surface area (Å²) in [5, 5.41) is 8.31. The quantitative estimate of drug-likeness (QED) is 0.421. The number of amides is 2. The number of hydrazone groups is 1. The zero-order chi connectivity index (χ0) is 19.1. The number of nitrogens with one attached hydrogen (secondary N) is 2. The Kier molecular flexibility index (Phi) is 5.74. The molecule has 3 aromatic carbocycles. The second-order valence-corrected chi connectivity index (χ2v) is 5.98. The SMILES string of the molecule is CC(/C=N/NC(=O)C(=O)Nc1cccc2ccccc12)=C\c1ccccc1. The number of allylic oxidation sites excluding steroid dienone is 1. The van der Waals surface area contributed by atoms with Gasteiger partial charge in [0.05, 0.1) is 6.21 Å². The van der Waals surface area contributed by atoms with Crippen molar-refractivity contribution < 1.29 is 9.59 Å². The Morgan fingerprint density at radius 3 is 2.37 bits per heavy atom. The van der Waals surface area contributed by atoms with E-state index in [2.05, 4.69) is 15.8 Å². The van der Waals surface area contributed by atoms with Gasteiger partial charge >= 0.3 is 11.8 Å². The highest BCUT2D eigenvalue weighted by Crippen LogP contribution is 2.22. The van der Waals surface area contributed by atoms with Gasteiger partial charge in [0.15, 0.2) is 0 Å². The van der Waals surface area contributed by atoms with Crippen LogP contribution in [-0.4, -0.2) is 18.0 Å². The molecule has 0 saturated heterocycles. The first-order valence-electron chi connectivity index (χ1n) is 8.49. The number of rotatable bonds is 4. The Bertz CT molecular complexity index is 1020. The summed E-state index contributed by atoms with van der Waals surface area (Å²) in [6.45, 7) is 1.86. The van der Waals surface area contributed by atoms with Gasteiger partial charge in [-0.05, 0) is 29.5 Å². The van der Waals surface area contributed by atoms with Gasteiger partial charge in [-0.25, -0.2) is 5.43 Å². The van der Waals surface area contributed by atoms with Crippen molar-refractivity contribution in [2.75, 3.05) is 5.32 Å². The van der Waals surface area contributed by atoms with Crippen LogP contribution >= 0.6 is 0 Å². The molecular weight excluding hydrogens is 338 g/mol. The first-order chi connectivity index (χ1) is 13.1. The highest BCUT2D eigenvalue weighted by atomic mass is 16.2. The molecule has 0 aromatic heterocycles. The average Bonchev–Trinajstić information content (AvgIpc) is 2.69. The molecule has 134 valence electrons. The van der Waals surface area contributed by atoms with E-state index in [0.717, 1.165) is 21.9 Å². The van der Waals surface area contributed by atoms with Crippen LogP contribution in [0.25, 0.3) is 16.8 Å². The summed E-state index contributed by atoms with van der Waals surface area (Å²) in [6.07, 6.45) is 3.42. The molecule has 0 radical (unpaired) electrons. The molecule has 2 amide bonds. The fourth-order valence-electron chi connectivity index (χ4n) is 2.61. The van der Waals surface area contributed by atoms with Crippen LogP contribution in [-0.2, 0) is 9.59 Å². The zero-order valence-electron chi connectivity index (χ0n) is 14.8. The summed E-state index contributed by atoms with van der Waals surface area (Å²) in [4.78, 5) is 24.1. The van der Waals surface area contributed by atoms with E-state index in [1.807, 2.05) is 79.7 Å². The van der Waals surface area contributed by atoms with Crippen LogP contribution in [0.4, 0.5) is 5.69 Å². The first kappa shape index (κ1) is 18.1. The van der Waals surface area contributed by atoms with Crippen molar-refractivity contribution in [3.05, 3.63) is 83.9 Å². The van der Waals surface area contributed by atoms with Gasteiger partial charge in [-0.3, -0.25) is 9.59 Å². The van der Waals surface area contributed by atoms with Crippen LogP contribution in [0, 0.1) is 0 Å². The molecular formula is C22H19N3O2. The number of fused-ring (bicyclic) bond motifs is 1. The number of anilines is 1. The Balaban J connectivity index is 1.61. The molecule has 0 atom stereocenters. The highest BCUT2D eigenvalue weighted by Gasteiger charge is 2.14. The Morgan fingerprint density at radius 1 is 0.852 bits per heavy atom. The van der Waals surface area contributed by atoms with E-state index in [4.69, 9.17) is 0 Å². The maximum Gasteiger partial charge on any atom is 0.329 e. The summed E-state index contributed by atoms with van der Waals surface area (Å²) in [6, 6.07) is 22.9. The third-order valence-corrected chi connectivity index (χ3v) is 3.87. The molecule has 3 aromatic rings. The van der Waals surface area contributed by atoms with Crippen LogP contribution in [0.1, 0.15) is 12.5 Å². The summed E-state index contributed by atoms with van der Waals surface area (Å²) in [7, 11) is 0. The molecule has 27 heavy (non-hydrogen) atoms. The average molecular weight is 357 g/mol. The van der Waals surface area contributed by atoms with E-state index in [0.29, 0.717) is 5.69 Å². The third-order valence-electron chi connectivity index (χ3n) is 3.87. The van der Waals surface area contributed by atoms with Crippen molar-refractivity contribution in [3.8, 4) is 0 Å². The lowest BCUT2D eigenvalue weighted by molar-refractivity contribution is -0.136. The molecule has 5 heteroatoms. The molecule has 5 nitrogen and oxygen atoms in total. The van der Waals surface area contributed by atoms with E-state index < -0.39 is 11.8 Å². The zero-order valence-corrected chi connectivity index (χ0v) is 14.8. The molecule has 0 aliphatic rings. The number of hydrogen-bond donors (Lipinski definition) is 2. The summed E-state index contributed by atoms with van der Waals surface area (Å²) in [5.74, 6) is -1.60. The molecule has 0 aliphatic carbocycles. The lowest BCUT2D eigenvalue weighted by Gasteiger charge is -2.07. The summed E-state index contributed by atoms with van der Waals surface area (Å²) < 4.78 is 0. The molecule has 3 rings (SSSR count). The van der Waals surface area contributed by atoms with Crippen LogP contribution in [0.3, 0.4) is 0 Å². The lowest BCUT2D eigenvalue weighted by Crippen LogP contribution is -2.32. The van der Waals surface area contributed by atoms with Crippen molar-refractivity contribution in [1.29, 1.82) is 0 Å². The topological polar surface area (TPSA) is 70.6 Å². The molecule has 0 fully saturated rings. The minimum absolute atomic E-state index is 0.581. The predicted molar refractivity (Wildman–Crippen MR) is 109 cm³/mol. The van der Waals surface area contributed by atoms with E-state index in [-0.39, 0.29) is 0 Å². The van der Waals surface area contributed by atoms with E-state index in [9.17, 15) is 9.59 Å². The molecule has 0 unspecified atom stereocenters. The number of carbonyl (C=O) groups is 2. The minimum Gasteiger partial charge on any atom is -0.317 e. The number of benzene rings is 3. The first-order valence-corrected chi connectivity index (χ1v) is 8.49. The molecule has 0 heterocycles. The normalized spacial score (nSPS) is 11.5. The van der Waals surface area contributed by atoms with Crippen LogP contribution < -0.4 is 10.7 Å². The van der Waals surface area contributed by atoms with Gasteiger partial charge < -0.3 is 5.32 Å². The Hall–Kier alpha value is -3.73. The van der Waals surface area contributed by atoms with Gasteiger partial charge in [-0.15, -0.1) is 0 Å². The number of carbonyl (C=O) groups excluding carboxylic acids is 2. The Labute approximate surface area is 157 Å². The van der Waals surface area contributed by atoms with E-state index in [1.54, 1.807) is 6.07 Å². The maximum atomic E-state index is 12.1. The van der Waals surface area contributed by atoms with Gasteiger partial charge in [-0.1, -0.05) is 72.8 Å². The summed E-state index contributed by atoms with van der Waals surface area (Å²) in [5.41, 5.74) is 4.70. The van der Waals surface area contributed by atoms with Gasteiger partial charge in [0.2, 0.25) is 0 Å². The van der Waals surface area contributed by atoms with Crippen molar-refractivity contribution in [2.45, 2.75) is 6.92 Å². The molecule has 2 N–H and O–H groups in total. The van der Waals surface area contributed by atoms with Gasteiger partial charge in [0.1, 0.15) is 0 Å². The van der Waals surface area contributed by atoms with Gasteiger partial charge in [0, 0.05) is 11.1 Å². The van der Waals surface area contributed by atoms with Crippen molar-refractivity contribution in [1.82, 2.24) is 5.43 Å². The highest BCUT2D eigenvalue weighted by molar-refractivity contribution is 6.40. The summed E-state index contributed by atoms with van der Waals surface area (Å²) >= 11 is 0. The van der Waals surface area contributed by atoms with Crippen LogP contribution in [0.2, 0.25) is 0 Å². The molecule has 0 aliphatic heterocycles. The lowest BCUT2D eigenvalue weighted by atomic mass is 10.1. The second kappa shape index (κ2) is 8.58. The fourth-order valence-corrected chi connectivity index (χ4v) is 2.61. The molecule has 0 bridgehead atoms. The van der Waals surface area contributed by atoms with Crippen LogP contribution in [0.15, 0.2) is 83.5 Å². The van der Waals surface area contributed by atoms with Gasteiger partial charge in [-0.2, -0.15) is 5.10 Å². The van der Waals surface area contributed by atoms with Crippen molar-refractivity contribution in [2.24, 2.45) is 5.10 Å². The Morgan fingerprint density at radius 2 is 1.56 bits per heavy atom. The fraction of sp³-hybridized carbons (Fsp3) is 0.0455. The standard InChI is InChI=1S/C22H19N3O2/c1-16(14-17-8-3-2-4-9-17)15-23-25-22(27)21(26)24-20-13-7-11-18-10-5-6-12-19(18)20/h2-15H,1H3,(H,24,26)(H,25,27)/b16-14+,23-15+. The minimum atomic E-state index is -0.827. The van der Waals surface area contributed by atoms with E-state index >= 15 is 0 Å². The van der Waals surface area contributed by atoms with Crippen molar-refractivity contribution >= 4 is 40.6 Å². The number of hydrogen-bond acceptors (Lipinski definition) is 3. The van der Waals surface area contributed by atoms with E-state index in [1.165, 1.54) is 6.21 Å². The molecule has 0 spiro atoms. The largest absolute Gasteiger partial charge is 0.329 e. The monoisotopic (exact) mass is 357 g/mol. The smallest absolute Gasteiger partial charge is 0.317 e. The van der Waals surface area contributed by atoms with Gasteiger partial charge in [0.25, 0.3) is 0 Å². The van der Waals surface area contributed by atoms with Crippen LogP contribution in [0.5, 0.6) is 0 Å². The predicted octanol–water partition coefficient (Wildman–Crippen LogP) is 3.98. The molecule has 0 saturated carbocycles. The maximum absolute atomic E-state index is 12.1. The second-order valence-electron chi connectivity index (χ2n) is 5.98.